The summed E-state index contributed by atoms with van der Waals surface area (Å²) < 4.78 is 31.7. The zero-order chi connectivity index (χ0) is 14.3. The second kappa shape index (κ2) is 7.47. The first-order chi connectivity index (χ1) is 9.03. The average Bonchev–Trinajstić information content (AvgIpc) is 2.43. The number of nitrogens with one attached hydrogen (secondary N) is 2. The third-order valence-corrected chi connectivity index (χ3v) is 4.62. The Balaban J connectivity index is 2.60. The normalized spacial score (nSPS) is 11.8. The van der Waals surface area contributed by atoms with E-state index in [9.17, 15) is 8.42 Å². The van der Waals surface area contributed by atoms with Crippen molar-refractivity contribution in [3.05, 3.63) is 24.3 Å². The summed E-state index contributed by atoms with van der Waals surface area (Å²) in [6.07, 6.45) is 0. The van der Waals surface area contributed by atoms with Crippen LogP contribution in [-0.2, 0) is 10.0 Å². The standard InChI is InChI=1S/C13H22N2O3S/c1-4-15(5-2)11-10-14-19(16,17)13-8-6-12(18-3)7-9-13/h6-9,14H,4-5,10-11H2,1-3H3/p+1. The van der Waals surface area contributed by atoms with Gasteiger partial charge in [0.05, 0.1) is 38.2 Å². The highest BCUT2D eigenvalue weighted by atomic mass is 32.2. The maximum Gasteiger partial charge on any atom is 0.240 e. The van der Waals surface area contributed by atoms with Crippen LogP contribution in [0.15, 0.2) is 29.2 Å². The van der Waals surface area contributed by atoms with E-state index in [4.69, 9.17) is 4.74 Å². The molecule has 19 heavy (non-hydrogen) atoms. The molecule has 6 heteroatoms. The van der Waals surface area contributed by atoms with Crippen molar-refractivity contribution >= 4 is 10.0 Å². The van der Waals surface area contributed by atoms with Gasteiger partial charge in [0.15, 0.2) is 0 Å². The lowest BCUT2D eigenvalue weighted by Gasteiger charge is -2.15. The van der Waals surface area contributed by atoms with E-state index in [2.05, 4.69) is 18.6 Å². The first-order valence-corrected chi connectivity index (χ1v) is 7.99. The number of rotatable bonds is 8. The Labute approximate surface area is 115 Å². The first kappa shape index (κ1) is 15.9. The van der Waals surface area contributed by atoms with Gasteiger partial charge in [-0.15, -0.1) is 0 Å². The van der Waals surface area contributed by atoms with E-state index in [1.807, 2.05) is 0 Å². The Kier molecular flexibility index (Phi) is 6.27. The molecule has 1 aromatic carbocycles. The predicted octanol–water partition coefficient (Wildman–Crippen LogP) is -0.102. The summed E-state index contributed by atoms with van der Waals surface area (Å²) in [6.45, 7) is 7.43. The molecule has 108 valence electrons. The van der Waals surface area contributed by atoms with Crippen LogP contribution in [-0.4, -0.2) is 41.7 Å². The minimum atomic E-state index is -3.42. The fraction of sp³-hybridized carbons (Fsp3) is 0.538. The van der Waals surface area contributed by atoms with Crippen molar-refractivity contribution in [2.45, 2.75) is 18.7 Å². The van der Waals surface area contributed by atoms with Crippen molar-refractivity contribution in [3.63, 3.8) is 0 Å². The monoisotopic (exact) mass is 287 g/mol. The highest BCUT2D eigenvalue weighted by Gasteiger charge is 2.14. The molecule has 0 aromatic heterocycles. The van der Waals surface area contributed by atoms with Gasteiger partial charge in [-0.05, 0) is 38.1 Å². The van der Waals surface area contributed by atoms with Gasteiger partial charge in [-0.2, -0.15) is 0 Å². The van der Waals surface area contributed by atoms with E-state index in [0.29, 0.717) is 12.3 Å². The third kappa shape index (κ3) is 4.81. The second-order valence-corrected chi connectivity index (χ2v) is 6.05. The predicted molar refractivity (Wildman–Crippen MR) is 75.1 cm³/mol. The molecule has 1 rings (SSSR count). The molecule has 0 unspecified atom stereocenters. The topological polar surface area (TPSA) is 59.8 Å². The number of methoxy groups -OCH3 is 1. The number of ether oxygens (including phenoxy) is 1. The van der Waals surface area contributed by atoms with Gasteiger partial charge < -0.3 is 9.64 Å². The fourth-order valence-corrected chi connectivity index (χ4v) is 2.84. The highest BCUT2D eigenvalue weighted by molar-refractivity contribution is 7.89. The molecule has 5 nitrogen and oxygen atoms in total. The largest absolute Gasteiger partial charge is 0.497 e. The zero-order valence-corrected chi connectivity index (χ0v) is 12.6. The molecule has 0 bridgehead atoms. The van der Waals surface area contributed by atoms with Gasteiger partial charge in [-0.3, -0.25) is 0 Å². The molecule has 0 aliphatic heterocycles. The summed E-state index contributed by atoms with van der Waals surface area (Å²) in [5, 5.41) is 0. The maximum absolute atomic E-state index is 12.0. The fourth-order valence-electron chi connectivity index (χ4n) is 1.80. The third-order valence-electron chi connectivity index (χ3n) is 3.14. The van der Waals surface area contributed by atoms with E-state index in [1.54, 1.807) is 31.4 Å². The Bertz CT molecular complexity index is 467. The molecule has 0 radical (unpaired) electrons. The Morgan fingerprint density at radius 2 is 1.74 bits per heavy atom. The number of hydrogen-bond donors (Lipinski definition) is 2. The van der Waals surface area contributed by atoms with Gasteiger partial charge in [0.1, 0.15) is 5.75 Å². The molecule has 0 heterocycles. The molecule has 0 saturated carbocycles. The molecule has 0 fully saturated rings. The SMILES string of the molecule is CC[NH+](CC)CCNS(=O)(=O)c1ccc(OC)cc1. The number of sulfonamides is 1. The van der Waals surface area contributed by atoms with Crippen LogP contribution in [0, 0.1) is 0 Å². The van der Waals surface area contributed by atoms with Gasteiger partial charge in [-0.1, -0.05) is 0 Å². The van der Waals surface area contributed by atoms with E-state index >= 15 is 0 Å². The molecule has 0 atom stereocenters. The van der Waals surface area contributed by atoms with Crippen LogP contribution in [0.4, 0.5) is 0 Å². The summed E-state index contributed by atoms with van der Waals surface area (Å²) in [6, 6.07) is 6.38. The highest BCUT2D eigenvalue weighted by Crippen LogP contribution is 2.14. The van der Waals surface area contributed by atoms with Crippen LogP contribution in [0.1, 0.15) is 13.8 Å². The Morgan fingerprint density at radius 1 is 1.16 bits per heavy atom. The van der Waals surface area contributed by atoms with E-state index in [-0.39, 0.29) is 4.90 Å². The minimum absolute atomic E-state index is 0.267. The average molecular weight is 287 g/mol. The van der Waals surface area contributed by atoms with Gasteiger partial charge in [-0.25, -0.2) is 13.1 Å². The van der Waals surface area contributed by atoms with E-state index in [1.165, 1.54) is 4.90 Å². The van der Waals surface area contributed by atoms with Crippen LogP contribution >= 0.6 is 0 Å². The first-order valence-electron chi connectivity index (χ1n) is 6.50. The van der Waals surface area contributed by atoms with Gasteiger partial charge in [0, 0.05) is 0 Å². The van der Waals surface area contributed by atoms with Crippen LogP contribution in [0.5, 0.6) is 5.75 Å². The van der Waals surface area contributed by atoms with Crippen LogP contribution in [0.3, 0.4) is 0 Å². The summed E-state index contributed by atoms with van der Waals surface area (Å²) in [7, 11) is -1.87. The summed E-state index contributed by atoms with van der Waals surface area (Å²) in [4.78, 5) is 1.64. The van der Waals surface area contributed by atoms with E-state index < -0.39 is 10.0 Å². The summed E-state index contributed by atoms with van der Waals surface area (Å²) >= 11 is 0. The quantitative estimate of drug-likeness (QED) is 0.702. The molecule has 0 amide bonds. The van der Waals surface area contributed by atoms with Crippen molar-refractivity contribution in [3.8, 4) is 5.75 Å². The molecular weight excluding hydrogens is 264 g/mol. The van der Waals surface area contributed by atoms with Crippen molar-refractivity contribution < 1.29 is 18.1 Å². The molecule has 1 aromatic rings. The number of likely N-dealkylation sites (N-methyl/N-ethyl adjacent to an activating group) is 1. The summed E-state index contributed by atoms with van der Waals surface area (Å²) in [5.74, 6) is 0.645. The van der Waals surface area contributed by atoms with Crippen LogP contribution < -0.4 is 14.4 Å². The van der Waals surface area contributed by atoms with Gasteiger partial charge in [0.2, 0.25) is 10.0 Å². The molecule has 0 aliphatic carbocycles. The van der Waals surface area contributed by atoms with Gasteiger partial charge in [0.25, 0.3) is 0 Å². The smallest absolute Gasteiger partial charge is 0.240 e. The Morgan fingerprint density at radius 3 is 2.21 bits per heavy atom. The molecule has 0 spiro atoms. The van der Waals surface area contributed by atoms with Crippen LogP contribution in [0.25, 0.3) is 0 Å². The zero-order valence-electron chi connectivity index (χ0n) is 11.8. The van der Waals surface area contributed by atoms with Crippen molar-refractivity contribution in [2.24, 2.45) is 0 Å². The maximum atomic E-state index is 12.0. The van der Waals surface area contributed by atoms with Crippen molar-refractivity contribution in [2.75, 3.05) is 33.3 Å². The van der Waals surface area contributed by atoms with Gasteiger partial charge >= 0.3 is 0 Å². The lowest BCUT2D eigenvalue weighted by atomic mass is 10.3. The van der Waals surface area contributed by atoms with Crippen LogP contribution in [0.2, 0.25) is 0 Å². The molecular formula is C13H23N2O3S+. The lowest BCUT2D eigenvalue weighted by Crippen LogP contribution is -3.12. The molecule has 2 N–H and O–H groups in total. The molecule has 0 aliphatic rings. The minimum Gasteiger partial charge on any atom is -0.497 e. The summed E-state index contributed by atoms with van der Waals surface area (Å²) in [5.41, 5.74) is 0. The second-order valence-electron chi connectivity index (χ2n) is 4.28. The number of hydrogen-bond acceptors (Lipinski definition) is 3. The van der Waals surface area contributed by atoms with Crippen molar-refractivity contribution in [1.29, 1.82) is 0 Å². The number of quaternary nitrogens is 1. The molecule has 0 saturated heterocycles. The Hall–Kier alpha value is -1.11. The van der Waals surface area contributed by atoms with E-state index in [0.717, 1.165) is 19.6 Å². The number of benzene rings is 1. The lowest BCUT2D eigenvalue weighted by molar-refractivity contribution is -0.895. The van der Waals surface area contributed by atoms with Crippen molar-refractivity contribution in [1.82, 2.24) is 4.72 Å².